The normalized spacial score (nSPS) is 13.3. The van der Waals surface area contributed by atoms with Crippen LogP contribution in [-0.2, 0) is 14.3 Å². The Balaban J connectivity index is 2.17. The van der Waals surface area contributed by atoms with Crippen LogP contribution in [0.3, 0.4) is 0 Å². The summed E-state index contributed by atoms with van der Waals surface area (Å²) in [5, 5.41) is 3.35. The lowest BCUT2D eigenvalue weighted by Crippen LogP contribution is -2.45. The van der Waals surface area contributed by atoms with E-state index in [2.05, 4.69) is 10.3 Å². The van der Waals surface area contributed by atoms with Crippen molar-refractivity contribution >= 4 is 41.0 Å². The fraction of sp³-hybridized carbons (Fsp3) is 0.462. The number of ether oxygens (including phenoxy) is 4. The molecule has 1 aromatic heterocycles. The van der Waals surface area contributed by atoms with Crippen LogP contribution in [0.1, 0.15) is 57.9 Å². The molecule has 0 bridgehead atoms. The third-order valence-electron chi connectivity index (χ3n) is 5.69. The average Bonchev–Trinajstić information content (AvgIpc) is 2.84. The summed E-state index contributed by atoms with van der Waals surface area (Å²) in [5.41, 5.74) is -0.210. The second-order valence-corrected chi connectivity index (χ2v) is 9.20. The number of nitrogens with zero attached hydrogens (tertiary/aromatic N) is 1. The van der Waals surface area contributed by atoms with E-state index in [0.717, 1.165) is 12.8 Å². The lowest BCUT2D eigenvalue weighted by atomic mass is 9.93. The fourth-order valence-corrected chi connectivity index (χ4v) is 4.17. The van der Waals surface area contributed by atoms with Crippen LogP contribution in [0.4, 0.5) is 0 Å². The Kier molecular flexibility index (Phi) is 11.5. The molecule has 1 amide bonds. The number of carbonyl (C=O) groups is 3. The molecule has 0 unspecified atom stereocenters. The standard InChI is InChI=1S/C26H32Cl2N2O7/c1-7-17(8-2)23(37-20-10-9-18(27)13-19(20)28)15(4)35-26(33)14(3)30-25(32)22-24(36-16(5)31)21(34-6)11-12-29-22/h9-15,17,23H,7-8H2,1-6H3,(H,30,32)/t14-,15-,23-/m0/s1. The van der Waals surface area contributed by atoms with Gasteiger partial charge in [0.25, 0.3) is 5.91 Å². The second-order valence-electron chi connectivity index (χ2n) is 8.36. The van der Waals surface area contributed by atoms with Crippen molar-refractivity contribution in [2.24, 2.45) is 5.92 Å². The molecule has 202 valence electrons. The fourth-order valence-electron chi connectivity index (χ4n) is 3.72. The largest absolute Gasteiger partial charge is 0.493 e. The van der Waals surface area contributed by atoms with Gasteiger partial charge in [-0.2, -0.15) is 0 Å². The summed E-state index contributed by atoms with van der Waals surface area (Å²) in [6, 6.07) is 5.30. The van der Waals surface area contributed by atoms with Crippen molar-refractivity contribution in [3.8, 4) is 17.2 Å². The minimum atomic E-state index is -1.05. The highest BCUT2D eigenvalue weighted by Gasteiger charge is 2.32. The van der Waals surface area contributed by atoms with E-state index in [1.807, 2.05) is 13.8 Å². The first-order valence-corrected chi connectivity index (χ1v) is 12.6. The first kappa shape index (κ1) is 30.2. The van der Waals surface area contributed by atoms with Crippen molar-refractivity contribution < 1.29 is 33.3 Å². The number of rotatable bonds is 12. The van der Waals surface area contributed by atoms with E-state index in [1.54, 1.807) is 25.1 Å². The number of esters is 2. The van der Waals surface area contributed by atoms with Crippen LogP contribution >= 0.6 is 23.2 Å². The van der Waals surface area contributed by atoms with Crippen molar-refractivity contribution in [2.45, 2.75) is 65.7 Å². The van der Waals surface area contributed by atoms with Crippen molar-refractivity contribution in [2.75, 3.05) is 7.11 Å². The summed E-state index contributed by atoms with van der Waals surface area (Å²) < 4.78 is 22.1. The SMILES string of the molecule is CCC(CC)[C@@H](Oc1ccc(Cl)cc1Cl)[C@H](C)OC(=O)[C@H](C)NC(=O)c1nccc(OC)c1OC(C)=O. The summed E-state index contributed by atoms with van der Waals surface area (Å²) in [6.07, 6.45) is 1.71. The van der Waals surface area contributed by atoms with Crippen molar-refractivity contribution in [3.05, 3.63) is 46.2 Å². The zero-order valence-electron chi connectivity index (χ0n) is 21.7. The van der Waals surface area contributed by atoms with Gasteiger partial charge < -0.3 is 24.3 Å². The first-order valence-electron chi connectivity index (χ1n) is 11.9. The van der Waals surface area contributed by atoms with Gasteiger partial charge in [-0.25, -0.2) is 9.78 Å². The zero-order valence-corrected chi connectivity index (χ0v) is 23.2. The van der Waals surface area contributed by atoms with E-state index in [9.17, 15) is 14.4 Å². The monoisotopic (exact) mass is 554 g/mol. The summed E-state index contributed by atoms with van der Waals surface area (Å²) in [6.45, 7) is 8.43. The van der Waals surface area contributed by atoms with E-state index in [4.69, 9.17) is 42.1 Å². The summed E-state index contributed by atoms with van der Waals surface area (Å²) in [5.74, 6) is -1.60. The third-order valence-corrected chi connectivity index (χ3v) is 6.22. The molecule has 0 fully saturated rings. The van der Waals surface area contributed by atoms with Gasteiger partial charge in [0.15, 0.2) is 11.4 Å². The van der Waals surface area contributed by atoms with Gasteiger partial charge in [0.1, 0.15) is 24.0 Å². The molecule has 0 radical (unpaired) electrons. The lowest BCUT2D eigenvalue weighted by molar-refractivity contribution is -0.156. The average molecular weight is 555 g/mol. The van der Waals surface area contributed by atoms with Gasteiger partial charge in [0.2, 0.25) is 5.75 Å². The molecule has 0 saturated heterocycles. The van der Waals surface area contributed by atoms with Crippen LogP contribution in [0.15, 0.2) is 30.5 Å². The van der Waals surface area contributed by atoms with Crippen LogP contribution < -0.4 is 19.5 Å². The Morgan fingerprint density at radius 1 is 1.05 bits per heavy atom. The predicted octanol–water partition coefficient (Wildman–Crippen LogP) is 5.26. The van der Waals surface area contributed by atoms with Crippen LogP contribution in [-0.4, -0.2) is 48.2 Å². The molecular weight excluding hydrogens is 523 g/mol. The predicted molar refractivity (Wildman–Crippen MR) is 140 cm³/mol. The first-order chi connectivity index (χ1) is 17.5. The molecule has 0 aliphatic carbocycles. The van der Waals surface area contributed by atoms with Gasteiger partial charge >= 0.3 is 11.9 Å². The van der Waals surface area contributed by atoms with Gasteiger partial charge in [-0.15, -0.1) is 0 Å². The third kappa shape index (κ3) is 8.23. The molecule has 2 rings (SSSR count). The van der Waals surface area contributed by atoms with Gasteiger partial charge in [0, 0.05) is 24.2 Å². The van der Waals surface area contributed by atoms with Crippen LogP contribution in [0.5, 0.6) is 17.2 Å². The zero-order chi connectivity index (χ0) is 27.7. The lowest BCUT2D eigenvalue weighted by Gasteiger charge is -2.32. The summed E-state index contributed by atoms with van der Waals surface area (Å²) in [4.78, 5) is 41.3. The molecule has 2 aromatic rings. The molecule has 3 atom stereocenters. The molecule has 1 N–H and O–H groups in total. The Morgan fingerprint density at radius 2 is 1.73 bits per heavy atom. The van der Waals surface area contributed by atoms with Gasteiger partial charge in [-0.3, -0.25) is 9.59 Å². The number of halogens is 2. The van der Waals surface area contributed by atoms with Crippen LogP contribution in [0.25, 0.3) is 0 Å². The summed E-state index contributed by atoms with van der Waals surface area (Å²) >= 11 is 12.3. The maximum absolute atomic E-state index is 12.9. The van der Waals surface area contributed by atoms with Gasteiger partial charge in [0.05, 0.1) is 12.1 Å². The van der Waals surface area contributed by atoms with E-state index in [-0.39, 0.29) is 23.1 Å². The maximum atomic E-state index is 12.9. The highest BCUT2D eigenvalue weighted by Crippen LogP contribution is 2.32. The molecule has 11 heteroatoms. The minimum Gasteiger partial charge on any atom is -0.493 e. The Hall–Kier alpha value is -3.04. The second kappa shape index (κ2) is 14.0. The van der Waals surface area contributed by atoms with E-state index in [1.165, 1.54) is 33.2 Å². The number of hydrogen-bond acceptors (Lipinski definition) is 8. The number of carbonyl (C=O) groups excluding carboxylic acids is 3. The summed E-state index contributed by atoms with van der Waals surface area (Å²) in [7, 11) is 1.36. The van der Waals surface area contributed by atoms with Crippen molar-refractivity contribution in [3.63, 3.8) is 0 Å². The maximum Gasteiger partial charge on any atom is 0.328 e. The van der Waals surface area contributed by atoms with Gasteiger partial charge in [-0.1, -0.05) is 37.0 Å². The number of hydrogen-bond donors (Lipinski definition) is 1. The Bertz CT molecular complexity index is 1110. The topological polar surface area (TPSA) is 113 Å². The van der Waals surface area contributed by atoms with E-state index < -0.39 is 36.1 Å². The number of amides is 1. The number of methoxy groups -OCH3 is 1. The molecule has 1 aromatic carbocycles. The van der Waals surface area contributed by atoms with E-state index in [0.29, 0.717) is 15.8 Å². The number of nitrogens with one attached hydrogen (secondary N) is 1. The number of aromatic nitrogens is 1. The number of pyridine rings is 1. The molecular formula is C26H32Cl2N2O7. The number of benzene rings is 1. The molecule has 9 nitrogen and oxygen atoms in total. The van der Waals surface area contributed by atoms with Crippen molar-refractivity contribution in [1.29, 1.82) is 0 Å². The molecule has 0 spiro atoms. The molecule has 1 heterocycles. The van der Waals surface area contributed by atoms with Crippen LogP contribution in [0.2, 0.25) is 10.0 Å². The quantitative estimate of drug-likeness (QED) is 0.353. The Labute approximate surface area is 226 Å². The highest BCUT2D eigenvalue weighted by molar-refractivity contribution is 6.35. The molecule has 0 aliphatic heterocycles. The highest BCUT2D eigenvalue weighted by atomic mass is 35.5. The molecule has 0 saturated carbocycles. The van der Waals surface area contributed by atoms with Crippen LogP contribution in [0, 0.1) is 5.92 Å². The van der Waals surface area contributed by atoms with Gasteiger partial charge in [-0.05, 0) is 50.8 Å². The molecule has 37 heavy (non-hydrogen) atoms. The molecule has 0 aliphatic rings. The minimum absolute atomic E-state index is 0.0618. The Morgan fingerprint density at radius 3 is 2.30 bits per heavy atom. The smallest absolute Gasteiger partial charge is 0.328 e. The van der Waals surface area contributed by atoms with Crippen molar-refractivity contribution in [1.82, 2.24) is 10.3 Å². The van der Waals surface area contributed by atoms with E-state index >= 15 is 0 Å².